The minimum absolute atomic E-state index is 0.0549. The SMILES string of the molecule is CCn1c2ccc(C(=N\OC(=O)CCCCC(=O)OC(C)COC)/C(=N/OC(=O)CCCCC(=O)OC(C)COC)c3ccc4c(c3)c3cc([N+](=O)[O-])ccc3n4CC)cc2c2cc([N+](=O)[O-])ccc21. The smallest absolute Gasteiger partial charge is 0.335 e. The quantitative estimate of drug-likeness (QED) is 0.0130. The van der Waals surface area contributed by atoms with Crippen molar-refractivity contribution < 1.29 is 57.6 Å². The van der Waals surface area contributed by atoms with Crippen molar-refractivity contribution in [2.24, 2.45) is 10.3 Å². The molecule has 4 aromatic carbocycles. The number of rotatable bonds is 25. The standard InChI is InChI=1S/C50H56N6O14/c1-7-53-41-21-17-33(25-37(41)39-27-35(55(61)62)19-23-43(39)53)49(51-69-47(59)15-11-9-13-45(57)67-31(3)29-65-5)50(52-70-48(60)16-12-10-14-46(58)68-32(4)30-66-6)34-18-22-42-38(26-34)40-28-36(56(63)64)20-24-44(40)54(42)8-2/h17-28,31-32H,7-16,29-30H2,1-6H3/b51-49+,52-50+. The van der Waals surface area contributed by atoms with Crippen LogP contribution in [0.5, 0.6) is 0 Å². The fourth-order valence-corrected chi connectivity index (χ4v) is 8.32. The molecule has 70 heavy (non-hydrogen) atoms. The molecule has 0 saturated heterocycles. The van der Waals surface area contributed by atoms with E-state index in [9.17, 15) is 39.4 Å². The Balaban J connectivity index is 1.44. The average molecular weight is 965 g/mol. The maximum atomic E-state index is 13.4. The highest BCUT2D eigenvalue weighted by molar-refractivity contribution is 6.54. The number of nitro benzene ring substituents is 2. The van der Waals surface area contributed by atoms with Gasteiger partial charge in [0.25, 0.3) is 11.4 Å². The number of benzene rings is 4. The Hall–Kier alpha value is -7.58. The lowest BCUT2D eigenvalue weighted by atomic mass is 9.97. The zero-order valence-electron chi connectivity index (χ0n) is 40.0. The zero-order chi connectivity index (χ0) is 50.5. The van der Waals surface area contributed by atoms with Crippen LogP contribution >= 0.6 is 0 Å². The monoisotopic (exact) mass is 964 g/mol. The van der Waals surface area contributed by atoms with Gasteiger partial charge in [-0.15, -0.1) is 0 Å². The maximum Gasteiger partial charge on any atom is 0.335 e. The summed E-state index contributed by atoms with van der Waals surface area (Å²) in [6.45, 7) is 8.83. The third-order valence-electron chi connectivity index (χ3n) is 11.5. The van der Waals surface area contributed by atoms with Gasteiger partial charge >= 0.3 is 23.9 Å². The van der Waals surface area contributed by atoms with Crippen molar-refractivity contribution in [1.29, 1.82) is 0 Å². The third kappa shape index (κ3) is 12.5. The second kappa shape index (κ2) is 24.1. The summed E-state index contributed by atoms with van der Waals surface area (Å²) in [6.07, 6.45) is 0.111. The summed E-state index contributed by atoms with van der Waals surface area (Å²) in [7, 11) is 3.00. The Morgan fingerprint density at radius 1 is 0.529 bits per heavy atom. The van der Waals surface area contributed by atoms with Crippen LogP contribution in [0.2, 0.25) is 0 Å². The predicted octanol–water partition coefficient (Wildman–Crippen LogP) is 9.23. The number of carbonyl (C=O) groups excluding carboxylic acids is 4. The number of hydrogen-bond donors (Lipinski definition) is 0. The molecule has 2 heterocycles. The number of fused-ring (bicyclic) bond motifs is 6. The summed E-state index contributed by atoms with van der Waals surface area (Å²) < 4.78 is 24.6. The van der Waals surface area contributed by atoms with Crippen LogP contribution in [0.15, 0.2) is 83.1 Å². The van der Waals surface area contributed by atoms with Crippen molar-refractivity contribution in [2.75, 3.05) is 27.4 Å². The van der Waals surface area contributed by atoms with Crippen LogP contribution in [-0.2, 0) is 60.9 Å². The number of non-ortho nitro benzene ring substituents is 2. The van der Waals surface area contributed by atoms with Gasteiger partial charge in [-0.2, -0.15) is 0 Å². The number of nitrogens with zero attached hydrogens (tertiary/aromatic N) is 6. The molecule has 0 N–H and O–H groups in total. The number of aromatic nitrogens is 2. The number of oxime groups is 2. The largest absolute Gasteiger partial charge is 0.460 e. The number of aryl methyl sites for hydroxylation is 2. The zero-order valence-corrected chi connectivity index (χ0v) is 40.0. The molecule has 0 spiro atoms. The minimum Gasteiger partial charge on any atom is -0.460 e. The molecule has 0 radical (unpaired) electrons. The van der Waals surface area contributed by atoms with E-state index in [2.05, 4.69) is 10.3 Å². The predicted molar refractivity (Wildman–Crippen MR) is 261 cm³/mol. The number of hydrogen-bond acceptors (Lipinski definition) is 16. The molecule has 6 aromatic rings. The Kier molecular flexibility index (Phi) is 17.8. The summed E-state index contributed by atoms with van der Waals surface area (Å²) >= 11 is 0. The van der Waals surface area contributed by atoms with E-state index in [0.717, 1.165) is 22.1 Å². The third-order valence-corrected chi connectivity index (χ3v) is 11.5. The molecule has 6 rings (SSSR count). The molecular formula is C50H56N6O14. The summed E-state index contributed by atoms with van der Waals surface area (Å²) in [5.41, 5.74) is 3.19. The topological polar surface area (TPSA) is 245 Å². The number of unbranched alkanes of at least 4 members (excludes halogenated alkanes) is 2. The normalized spacial score (nSPS) is 12.9. The van der Waals surface area contributed by atoms with Crippen LogP contribution in [0.3, 0.4) is 0 Å². The fourth-order valence-electron chi connectivity index (χ4n) is 8.32. The van der Waals surface area contributed by atoms with Crippen molar-refractivity contribution in [2.45, 2.75) is 104 Å². The molecule has 2 unspecified atom stereocenters. The molecular weight excluding hydrogens is 909 g/mol. The van der Waals surface area contributed by atoms with Crippen molar-refractivity contribution in [1.82, 2.24) is 9.13 Å². The van der Waals surface area contributed by atoms with Gasteiger partial charge < -0.3 is 37.8 Å². The first-order valence-electron chi connectivity index (χ1n) is 23.0. The molecule has 0 aliphatic heterocycles. The van der Waals surface area contributed by atoms with Gasteiger partial charge in [0.1, 0.15) is 23.6 Å². The molecule has 20 nitrogen and oxygen atoms in total. The molecule has 0 aliphatic rings. The van der Waals surface area contributed by atoms with Gasteiger partial charge in [0.15, 0.2) is 0 Å². The molecule has 2 aromatic heterocycles. The molecule has 0 fully saturated rings. The van der Waals surface area contributed by atoms with E-state index >= 15 is 0 Å². The first kappa shape index (κ1) is 51.8. The van der Waals surface area contributed by atoms with Crippen molar-refractivity contribution in [3.05, 3.63) is 104 Å². The van der Waals surface area contributed by atoms with E-state index in [1.165, 1.54) is 38.5 Å². The highest BCUT2D eigenvalue weighted by atomic mass is 16.7. The van der Waals surface area contributed by atoms with Crippen LogP contribution in [0, 0.1) is 20.2 Å². The lowest BCUT2D eigenvalue weighted by molar-refractivity contribution is -0.384. The summed E-state index contributed by atoms with van der Waals surface area (Å²) in [5.74, 6) is -2.39. The number of carbonyl (C=O) groups is 4. The number of methoxy groups -OCH3 is 2. The molecule has 370 valence electrons. The van der Waals surface area contributed by atoms with Gasteiger partial charge in [-0.25, -0.2) is 9.59 Å². The van der Waals surface area contributed by atoms with Crippen LogP contribution in [-0.4, -0.2) is 93.9 Å². The highest BCUT2D eigenvalue weighted by Gasteiger charge is 2.24. The molecule has 0 aliphatic carbocycles. The van der Waals surface area contributed by atoms with Crippen molar-refractivity contribution >= 4 is 90.3 Å². The van der Waals surface area contributed by atoms with E-state index in [4.69, 9.17) is 28.6 Å². The summed E-state index contributed by atoms with van der Waals surface area (Å²) in [5, 5.41) is 35.0. The van der Waals surface area contributed by atoms with Crippen LogP contribution in [0.25, 0.3) is 43.6 Å². The van der Waals surface area contributed by atoms with Crippen LogP contribution < -0.4 is 0 Å². The van der Waals surface area contributed by atoms with Crippen molar-refractivity contribution in [3.8, 4) is 0 Å². The van der Waals surface area contributed by atoms with E-state index < -0.39 is 45.9 Å². The molecule has 0 saturated carbocycles. The second-order valence-electron chi connectivity index (χ2n) is 16.6. The van der Waals surface area contributed by atoms with E-state index in [1.807, 2.05) is 23.0 Å². The highest BCUT2D eigenvalue weighted by Crippen LogP contribution is 2.35. The first-order chi connectivity index (χ1) is 33.7. The number of esters is 2. The number of ether oxygens (including phenoxy) is 4. The molecule has 0 amide bonds. The Morgan fingerprint density at radius 2 is 0.857 bits per heavy atom. The fraction of sp³-hybridized carbons (Fsp3) is 0.400. The van der Waals surface area contributed by atoms with Crippen LogP contribution in [0.4, 0.5) is 11.4 Å². The van der Waals surface area contributed by atoms with E-state index in [0.29, 0.717) is 58.6 Å². The van der Waals surface area contributed by atoms with E-state index in [-0.39, 0.29) is 74.5 Å². The van der Waals surface area contributed by atoms with Gasteiger partial charge in [0, 0.05) is 132 Å². The van der Waals surface area contributed by atoms with Gasteiger partial charge in [-0.05, 0) is 89.8 Å². The lowest BCUT2D eigenvalue weighted by Crippen LogP contribution is -2.20. The van der Waals surface area contributed by atoms with Gasteiger partial charge in [0.2, 0.25) is 0 Å². The Labute approximate surface area is 402 Å². The summed E-state index contributed by atoms with van der Waals surface area (Å²) in [4.78, 5) is 85.6. The average Bonchev–Trinajstić information content (AvgIpc) is 3.83. The van der Waals surface area contributed by atoms with Gasteiger partial charge in [-0.3, -0.25) is 29.8 Å². The minimum atomic E-state index is -0.752. The van der Waals surface area contributed by atoms with Gasteiger partial charge in [0.05, 0.1) is 23.1 Å². The second-order valence-corrected chi connectivity index (χ2v) is 16.6. The molecule has 0 bridgehead atoms. The van der Waals surface area contributed by atoms with Crippen LogP contribution in [0.1, 0.15) is 90.2 Å². The Morgan fingerprint density at radius 3 is 1.19 bits per heavy atom. The van der Waals surface area contributed by atoms with Crippen molar-refractivity contribution in [3.63, 3.8) is 0 Å². The summed E-state index contributed by atoms with van der Waals surface area (Å²) in [6, 6.07) is 19.6. The number of nitro groups is 2. The molecule has 2 atom stereocenters. The Bertz CT molecular complexity index is 2790. The first-order valence-corrected chi connectivity index (χ1v) is 23.0. The lowest BCUT2D eigenvalue weighted by Gasteiger charge is -2.12. The molecule has 20 heteroatoms. The van der Waals surface area contributed by atoms with E-state index in [1.54, 1.807) is 62.4 Å². The maximum absolute atomic E-state index is 13.4. The van der Waals surface area contributed by atoms with Gasteiger partial charge in [-0.1, -0.05) is 22.4 Å².